The van der Waals surface area contributed by atoms with E-state index in [0.717, 1.165) is 32.3 Å². The smallest absolute Gasteiger partial charge is 0.194 e. The first-order valence-electron chi connectivity index (χ1n) is 6.29. The highest BCUT2D eigenvalue weighted by molar-refractivity contribution is 9.10. The Kier molecular flexibility index (Phi) is 3.91. The van der Waals surface area contributed by atoms with Gasteiger partial charge in [-0.05, 0) is 56.5 Å². The Hall–Kier alpha value is -1.41. The van der Waals surface area contributed by atoms with Crippen LogP contribution in [0, 0.1) is 27.7 Å². The Morgan fingerprint density at radius 3 is 2.00 bits per heavy atom. The van der Waals surface area contributed by atoms with Crippen molar-refractivity contribution in [2.45, 2.75) is 27.7 Å². The van der Waals surface area contributed by atoms with Crippen LogP contribution in [0.1, 0.15) is 38.2 Å². The van der Waals surface area contributed by atoms with E-state index in [-0.39, 0.29) is 5.78 Å². The van der Waals surface area contributed by atoms with E-state index in [1.165, 1.54) is 5.56 Å². The number of aryl methyl sites for hydroxylation is 4. The summed E-state index contributed by atoms with van der Waals surface area (Å²) in [5, 5.41) is 0. The van der Waals surface area contributed by atoms with E-state index in [2.05, 4.69) is 35.0 Å². The number of hydrogen-bond acceptors (Lipinski definition) is 1. The van der Waals surface area contributed by atoms with Gasteiger partial charge in [0.25, 0.3) is 0 Å². The first-order valence-corrected chi connectivity index (χ1v) is 7.08. The molecular weight excluding hydrogens is 300 g/mol. The minimum Gasteiger partial charge on any atom is -0.289 e. The lowest BCUT2D eigenvalue weighted by molar-refractivity contribution is 0.103. The van der Waals surface area contributed by atoms with Crippen LogP contribution in [0.2, 0.25) is 0 Å². The summed E-state index contributed by atoms with van der Waals surface area (Å²) < 4.78 is 0.858. The third-order valence-electron chi connectivity index (χ3n) is 3.27. The molecule has 2 rings (SSSR count). The molecule has 0 saturated heterocycles. The van der Waals surface area contributed by atoms with E-state index in [1.807, 2.05) is 39.0 Å². The molecule has 2 aromatic carbocycles. The summed E-state index contributed by atoms with van der Waals surface area (Å²) in [5.41, 5.74) is 5.94. The molecule has 19 heavy (non-hydrogen) atoms. The second-order valence-corrected chi connectivity index (χ2v) is 5.94. The van der Waals surface area contributed by atoms with Gasteiger partial charge >= 0.3 is 0 Å². The molecule has 0 heterocycles. The Morgan fingerprint density at radius 2 is 1.47 bits per heavy atom. The molecule has 0 atom stereocenters. The van der Waals surface area contributed by atoms with Gasteiger partial charge in [-0.3, -0.25) is 4.79 Å². The minimum absolute atomic E-state index is 0.0851. The number of hydrogen-bond donors (Lipinski definition) is 0. The Balaban J connectivity index is 2.56. The SMILES string of the molecule is Cc1cc(C)c(C(=O)c2ccc(C)cc2Br)c(C)c1. The van der Waals surface area contributed by atoms with Gasteiger partial charge in [-0.15, -0.1) is 0 Å². The summed E-state index contributed by atoms with van der Waals surface area (Å²) in [6, 6.07) is 9.95. The highest BCUT2D eigenvalue weighted by atomic mass is 79.9. The van der Waals surface area contributed by atoms with Crippen molar-refractivity contribution < 1.29 is 4.79 Å². The number of benzene rings is 2. The van der Waals surface area contributed by atoms with Crippen LogP contribution in [0.4, 0.5) is 0 Å². The zero-order chi connectivity index (χ0) is 14.2. The summed E-state index contributed by atoms with van der Waals surface area (Å²) in [6.45, 7) is 8.06. The van der Waals surface area contributed by atoms with Crippen LogP contribution in [0.25, 0.3) is 0 Å². The Morgan fingerprint density at radius 1 is 0.895 bits per heavy atom. The van der Waals surface area contributed by atoms with Gasteiger partial charge in [0.1, 0.15) is 0 Å². The molecule has 1 nitrogen and oxygen atoms in total. The van der Waals surface area contributed by atoms with Gasteiger partial charge in [0.15, 0.2) is 5.78 Å². The highest BCUT2D eigenvalue weighted by Gasteiger charge is 2.17. The van der Waals surface area contributed by atoms with Gasteiger partial charge in [0.05, 0.1) is 0 Å². The van der Waals surface area contributed by atoms with Gasteiger partial charge in [0, 0.05) is 15.6 Å². The zero-order valence-corrected chi connectivity index (χ0v) is 13.3. The van der Waals surface area contributed by atoms with Gasteiger partial charge in [-0.1, -0.05) is 39.7 Å². The van der Waals surface area contributed by atoms with E-state index in [9.17, 15) is 4.79 Å². The fourth-order valence-corrected chi connectivity index (χ4v) is 3.15. The van der Waals surface area contributed by atoms with Crippen LogP contribution in [-0.2, 0) is 0 Å². The molecule has 0 saturated carbocycles. The third kappa shape index (κ3) is 2.79. The topological polar surface area (TPSA) is 17.1 Å². The predicted molar refractivity (Wildman–Crippen MR) is 83.0 cm³/mol. The van der Waals surface area contributed by atoms with Gasteiger partial charge in [-0.25, -0.2) is 0 Å². The van der Waals surface area contributed by atoms with Gasteiger partial charge in [0.2, 0.25) is 0 Å². The molecular formula is C17H17BrO. The number of rotatable bonds is 2. The second kappa shape index (κ2) is 5.30. The van der Waals surface area contributed by atoms with Crippen molar-refractivity contribution in [3.8, 4) is 0 Å². The number of carbonyl (C=O) groups is 1. The van der Waals surface area contributed by atoms with Crippen molar-refractivity contribution in [2.24, 2.45) is 0 Å². The van der Waals surface area contributed by atoms with Crippen molar-refractivity contribution in [1.82, 2.24) is 0 Å². The third-order valence-corrected chi connectivity index (χ3v) is 3.93. The first-order chi connectivity index (χ1) is 8.90. The number of halogens is 1. The van der Waals surface area contributed by atoms with Crippen LogP contribution >= 0.6 is 15.9 Å². The molecule has 0 fully saturated rings. The molecule has 0 radical (unpaired) electrons. The summed E-state index contributed by atoms with van der Waals surface area (Å²) in [4.78, 5) is 12.7. The van der Waals surface area contributed by atoms with Crippen LogP contribution in [-0.4, -0.2) is 5.78 Å². The molecule has 0 N–H and O–H groups in total. The van der Waals surface area contributed by atoms with E-state index in [1.54, 1.807) is 0 Å². The van der Waals surface area contributed by atoms with Crippen molar-refractivity contribution in [3.05, 3.63) is 68.2 Å². The monoisotopic (exact) mass is 316 g/mol. The molecule has 98 valence electrons. The maximum atomic E-state index is 12.7. The Bertz CT molecular complexity index is 633. The molecule has 0 aliphatic rings. The summed E-state index contributed by atoms with van der Waals surface area (Å²) in [6.07, 6.45) is 0. The zero-order valence-electron chi connectivity index (χ0n) is 11.7. The van der Waals surface area contributed by atoms with E-state index in [0.29, 0.717) is 0 Å². The molecule has 2 heteroatoms. The van der Waals surface area contributed by atoms with E-state index in [4.69, 9.17) is 0 Å². The van der Waals surface area contributed by atoms with Crippen LogP contribution < -0.4 is 0 Å². The Labute approximate surface area is 122 Å². The molecule has 0 unspecified atom stereocenters. The second-order valence-electron chi connectivity index (χ2n) is 5.09. The lowest BCUT2D eigenvalue weighted by Crippen LogP contribution is -2.07. The fourth-order valence-electron chi connectivity index (χ4n) is 2.48. The number of carbonyl (C=O) groups excluding carboxylic acids is 1. The molecule has 0 aliphatic carbocycles. The summed E-state index contributed by atoms with van der Waals surface area (Å²) in [7, 11) is 0. The van der Waals surface area contributed by atoms with Crippen molar-refractivity contribution in [1.29, 1.82) is 0 Å². The minimum atomic E-state index is 0.0851. The normalized spacial score (nSPS) is 10.6. The molecule has 2 aromatic rings. The highest BCUT2D eigenvalue weighted by Crippen LogP contribution is 2.25. The van der Waals surface area contributed by atoms with Crippen LogP contribution in [0.3, 0.4) is 0 Å². The van der Waals surface area contributed by atoms with Crippen molar-refractivity contribution in [3.63, 3.8) is 0 Å². The maximum Gasteiger partial charge on any atom is 0.194 e. The lowest BCUT2D eigenvalue weighted by atomic mass is 9.93. The van der Waals surface area contributed by atoms with E-state index < -0.39 is 0 Å². The fraction of sp³-hybridized carbons (Fsp3) is 0.235. The van der Waals surface area contributed by atoms with Gasteiger partial charge < -0.3 is 0 Å². The number of ketones is 1. The average molecular weight is 317 g/mol. The largest absolute Gasteiger partial charge is 0.289 e. The molecule has 0 amide bonds. The molecule has 0 bridgehead atoms. The molecule has 0 spiro atoms. The molecule has 0 aromatic heterocycles. The maximum absolute atomic E-state index is 12.7. The van der Waals surface area contributed by atoms with Crippen molar-refractivity contribution in [2.75, 3.05) is 0 Å². The predicted octanol–water partition coefficient (Wildman–Crippen LogP) is 4.91. The average Bonchev–Trinajstić information content (AvgIpc) is 2.26. The first kappa shape index (κ1) is 14.0. The van der Waals surface area contributed by atoms with Crippen LogP contribution in [0.15, 0.2) is 34.8 Å². The molecule has 0 aliphatic heterocycles. The standard InChI is InChI=1S/C17H17BrO/c1-10-5-6-14(15(18)9-10)17(19)16-12(3)7-11(2)8-13(16)4/h5-9H,1-4H3. The summed E-state index contributed by atoms with van der Waals surface area (Å²) in [5.74, 6) is 0.0851. The summed E-state index contributed by atoms with van der Waals surface area (Å²) >= 11 is 3.49. The van der Waals surface area contributed by atoms with E-state index >= 15 is 0 Å². The quantitative estimate of drug-likeness (QED) is 0.719. The van der Waals surface area contributed by atoms with Gasteiger partial charge in [-0.2, -0.15) is 0 Å². The van der Waals surface area contributed by atoms with Crippen LogP contribution in [0.5, 0.6) is 0 Å². The van der Waals surface area contributed by atoms with Crippen molar-refractivity contribution >= 4 is 21.7 Å². The lowest BCUT2D eigenvalue weighted by Gasteiger charge is -2.11.